The van der Waals surface area contributed by atoms with E-state index in [0.717, 1.165) is 29.3 Å². The van der Waals surface area contributed by atoms with Crippen molar-refractivity contribution in [2.45, 2.75) is 26.2 Å². The molecule has 0 atom stereocenters. The Morgan fingerprint density at radius 2 is 2.00 bits per heavy atom. The minimum Gasteiger partial charge on any atom is -0.254 e. The van der Waals surface area contributed by atoms with Crippen LogP contribution in [0.2, 0.25) is 0 Å². The van der Waals surface area contributed by atoms with E-state index in [-0.39, 0.29) is 0 Å². The molecule has 0 saturated carbocycles. The fraction of sp³-hybridized carbons (Fsp3) is 0.545. The van der Waals surface area contributed by atoms with Crippen LogP contribution < -0.4 is 4.72 Å². The lowest BCUT2D eigenvalue weighted by molar-refractivity contribution is 0.349. The largest absolute Gasteiger partial charge is 0.302 e. The highest BCUT2D eigenvalue weighted by Gasteiger charge is 2.24. The molecule has 0 radical (unpaired) electrons. The molecule has 1 aliphatic heterocycles. The third kappa shape index (κ3) is 3.21. The molecule has 100 valence electrons. The number of nitrogens with one attached hydrogen (secondary N) is 1. The van der Waals surface area contributed by atoms with E-state index in [2.05, 4.69) is 25.6 Å². The Labute approximate surface area is 116 Å². The molecule has 0 aliphatic carbocycles. The van der Waals surface area contributed by atoms with E-state index < -0.39 is 10.2 Å². The van der Waals surface area contributed by atoms with Gasteiger partial charge in [0.05, 0.1) is 0 Å². The average molecular weight is 334 g/mol. The lowest BCUT2D eigenvalue weighted by Gasteiger charge is -2.26. The van der Waals surface area contributed by atoms with Crippen molar-refractivity contribution in [3.63, 3.8) is 0 Å². The van der Waals surface area contributed by atoms with E-state index in [1.165, 1.54) is 4.31 Å². The number of anilines is 1. The van der Waals surface area contributed by atoms with Crippen molar-refractivity contribution in [1.82, 2.24) is 9.29 Å². The van der Waals surface area contributed by atoms with E-state index in [4.69, 9.17) is 0 Å². The molecular weight excluding hydrogens is 318 g/mol. The smallest absolute Gasteiger partial charge is 0.254 e. The molecule has 18 heavy (non-hydrogen) atoms. The fourth-order valence-electron chi connectivity index (χ4n) is 1.94. The monoisotopic (exact) mass is 333 g/mol. The van der Waals surface area contributed by atoms with Gasteiger partial charge in [0.2, 0.25) is 0 Å². The molecular formula is C11H16BrN3O2S. The van der Waals surface area contributed by atoms with Gasteiger partial charge in [0.25, 0.3) is 0 Å². The zero-order valence-electron chi connectivity index (χ0n) is 10.2. The lowest BCUT2D eigenvalue weighted by Crippen LogP contribution is -2.39. The first-order valence-corrected chi connectivity index (χ1v) is 8.12. The van der Waals surface area contributed by atoms with Crippen molar-refractivity contribution in [2.24, 2.45) is 0 Å². The van der Waals surface area contributed by atoms with E-state index >= 15 is 0 Å². The second-order valence-corrected chi connectivity index (χ2v) is 6.97. The number of hydrogen-bond acceptors (Lipinski definition) is 3. The van der Waals surface area contributed by atoms with Crippen LogP contribution in [-0.4, -0.2) is 30.8 Å². The van der Waals surface area contributed by atoms with Gasteiger partial charge in [-0.05, 0) is 47.3 Å². The summed E-state index contributed by atoms with van der Waals surface area (Å²) in [6, 6.07) is 1.83. The fourth-order valence-corrected chi connectivity index (χ4v) is 3.71. The summed E-state index contributed by atoms with van der Waals surface area (Å²) in [7, 11) is -3.47. The predicted octanol–water partition coefficient (Wildman–Crippen LogP) is 2.30. The number of pyridine rings is 1. The van der Waals surface area contributed by atoms with Gasteiger partial charge in [0.15, 0.2) is 0 Å². The zero-order chi connectivity index (χ0) is 13.2. The molecule has 1 aromatic heterocycles. The highest BCUT2D eigenvalue weighted by molar-refractivity contribution is 9.10. The minimum absolute atomic E-state index is 0.392. The quantitative estimate of drug-likeness (QED) is 0.923. The number of hydrogen-bond donors (Lipinski definition) is 1. The van der Waals surface area contributed by atoms with Gasteiger partial charge < -0.3 is 0 Å². The van der Waals surface area contributed by atoms with Crippen LogP contribution in [-0.2, 0) is 10.2 Å². The van der Waals surface area contributed by atoms with E-state index in [1.807, 2.05) is 13.0 Å². The summed E-state index contributed by atoms with van der Waals surface area (Å²) in [6.45, 7) is 3.00. The summed E-state index contributed by atoms with van der Waals surface area (Å²) in [5.41, 5.74) is 0.796. The van der Waals surface area contributed by atoms with Crippen molar-refractivity contribution >= 4 is 32.0 Å². The predicted molar refractivity (Wildman–Crippen MR) is 74.6 cm³/mol. The zero-order valence-corrected chi connectivity index (χ0v) is 12.6. The average Bonchev–Trinajstić information content (AvgIpc) is 2.34. The standard InChI is InChI=1S/C11H16BrN3O2S/c1-9-7-10(12)8-13-11(9)14-18(16,17)15-5-3-2-4-6-15/h7-8H,2-6H2,1H3,(H,13,14). The third-order valence-electron chi connectivity index (χ3n) is 2.93. The van der Waals surface area contributed by atoms with Crippen LogP contribution >= 0.6 is 15.9 Å². The van der Waals surface area contributed by atoms with Crippen LogP contribution in [0.1, 0.15) is 24.8 Å². The molecule has 7 heteroatoms. The number of rotatable bonds is 3. The number of piperidine rings is 1. The number of aryl methyl sites for hydroxylation is 1. The maximum Gasteiger partial charge on any atom is 0.302 e. The van der Waals surface area contributed by atoms with E-state index in [0.29, 0.717) is 18.9 Å². The van der Waals surface area contributed by atoms with Crippen LogP contribution in [0.3, 0.4) is 0 Å². The summed E-state index contributed by atoms with van der Waals surface area (Å²) in [6.07, 6.45) is 4.53. The van der Waals surface area contributed by atoms with Gasteiger partial charge in [-0.15, -0.1) is 0 Å². The number of halogens is 1. The van der Waals surface area contributed by atoms with Crippen molar-refractivity contribution in [3.8, 4) is 0 Å². The van der Waals surface area contributed by atoms with Gasteiger partial charge >= 0.3 is 10.2 Å². The molecule has 1 aromatic rings. The Bertz CT molecular complexity index is 527. The van der Waals surface area contributed by atoms with Crippen LogP contribution in [0.15, 0.2) is 16.7 Å². The van der Waals surface area contributed by atoms with Crippen LogP contribution in [0, 0.1) is 6.92 Å². The first-order chi connectivity index (χ1) is 8.49. The van der Waals surface area contributed by atoms with Crippen molar-refractivity contribution < 1.29 is 8.42 Å². The number of aromatic nitrogens is 1. The molecule has 0 unspecified atom stereocenters. The SMILES string of the molecule is Cc1cc(Br)cnc1NS(=O)(=O)N1CCCCC1. The van der Waals surface area contributed by atoms with Gasteiger partial charge in [-0.3, -0.25) is 4.72 Å². The van der Waals surface area contributed by atoms with Crippen molar-refractivity contribution in [1.29, 1.82) is 0 Å². The third-order valence-corrected chi connectivity index (χ3v) is 4.86. The van der Waals surface area contributed by atoms with Gasteiger partial charge in [0.1, 0.15) is 5.82 Å². The molecule has 0 aromatic carbocycles. The van der Waals surface area contributed by atoms with E-state index in [9.17, 15) is 8.42 Å². The second kappa shape index (κ2) is 5.54. The highest BCUT2D eigenvalue weighted by atomic mass is 79.9. The molecule has 0 spiro atoms. The van der Waals surface area contributed by atoms with Gasteiger partial charge in [-0.25, -0.2) is 4.98 Å². The maximum atomic E-state index is 12.2. The molecule has 1 saturated heterocycles. The van der Waals surface area contributed by atoms with Crippen molar-refractivity contribution in [3.05, 3.63) is 22.3 Å². The van der Waals surface area contributed by atoms with Crippen LogP contribution in [0.25, 0.3) is 0 Å². The summed E-state index contributed by atoms with van der Waals surface area (Å²) < 4.78 is 29.2. The summed E-state index contributed by atoms with van der Waals surface area (Å²) in [5.74, 6) is 0.392. The van der Waals surface area contributed by atoms with Gasteiger partial charge in [0, 0.05) is 23.8 Å². The van der Waals surface area contributed by atoms with Crippen LogP contribution in [0.4, 0.5) is 5.82 Å². The summed E-state index contributed by atoms with van der Waals surface area (Å²) in [5, 5.41) is 0. The first kappa shape index (κ1) is 13.8. The van der Waals surface area contributed by atoms with Gasteiger partial charge in [-0.1, -0.05) is 6.42 Å². The lowest BCUT2D eigenvalue weighted by atomic mass is 10.2. The Hall–Kier alpha value is -0.660. The Kier molecular flexibility index (Phi) is 4.24. The molecule has 2 rings (SSSR count). The maximum absolute atomic E-state index is 12.2. The molecule has 1 fully saturated rings. The molecule has 0 amide bonds. The summed E-state index contributed by atoms with van der Waals surface area (Å²) in [4.78, 5) is 4.09. The topological polar surface area (TPSA) is 62.3 Å². The van der Waals surface area contributed by atoms with Crippen molar-refractivity contribution in [2.75, 3.05) is 17.8 Å². The molecule has 1 N–H and O–H groups in total. The van der Waals surface area contributed by atoms with Gasteiger partial charge in [-0.2, -0.15) is 12.7 Å². The Balaban J connectivity index is 2.16. The number of nitrogens with zero attached hydrogens (tertiary/aromatic N) is 2. The Morgan fingerprint density at radius 1 is 1.33 bits per heavy atom. The second-order valence-electron chi connectivity index (χ2n) is 4.39. The molecule has 1 aliphatic rings. The summed E-state index contributed by atoms with van der Waals surface area (Å²) >= 11 is 3.30. The van der Waals surface area contributed by atoms with Crippen LogP contribution in [0.5, 0.6) is 0 Å². The molecule has 5 nitrogen and oxygen atoms in total. The first-order valence-electron chi connectivity index (χ1n) is 5.89. The molecule has 2 heterocycles. The van der Waals surface area contributed by atoms with E-state index in [1.54, 1.807) is 6.20 Å². The highest BCUT2D eigenvalue weighted by Crippen LogP contribution is 2.20. The normalized spacial score (nSPS) is 17.7. The Morgan fingerprint density at radius 3 is 2.61 bits per heavy atom. The minimum atomic E-state index is -3.47. The molecule has 0 bridgehead atoms.